The predicted molar refractivity (Wildman–Crippen MR) is 40.3 cm³/mol. The topological polar surface area (TPSA) is 45.9 Å². The molecular formula is C8H6F2N2O. The molecule has 1 aromatic rings. The number of rotatable bonds is 2. The zero-order valence-corrected chi connectivity index (χ0v) is 6.79. The Morgan fingerprint density at radius 3 is 2.77 bits per heavy atom. The minimum Gasteiger partial charge on any atom is -0.432 e. The summed E-state index contributed by atoms with van der Waals surface area (Å²) in [6.07, 6.45) is 0. The normalized spacial score (nSPS) is 9.77. The van der Waals surface area contributed by atoms with E-state index in [9.17, 15) is 8.78 Å². The zero-order chi connectivity index (χ0) is 9.84. The van der Waals surface area contributed by atoms with Crippen molar-refractivity contribution < 1.29 is 13.5 Å². The fourth-order valence-electron chi connectivity index (χ4n) is 0.815. The highest BCUT2D eigenvalue weighted by Gasteiger charge is 2.10. The minimum absolute atomic E-state index is 0.125. The molecule has 0 fully saturated rings. The van der Waals surface area contributed by atoms with Gasteiger partial charge in [-0.15, -0.1) is 0 Å². The van der Waals surface area contributed by atoms with E-state index in [0.29, 0.717) is 5.69 Å². The van der Waals surface area contributed by atoms with Gasteiger partial charge in [0.05, 0.1) is 0 Å². The van der Waals surface area contributed by atoms with Crippen molar-refractivity contribution in [1.82, 2.24) is 4.98 Å². The lowest BCUT2D eigenvalue weighted by Gasteiger charge is -2.05. The molecule has 0 N–H and O–H groups in total. The lowest BCUT2D eigenvalue weighted by molar-refractivity contribution is -0.0503. The zero-order valence-electron chi connectivity index (χ0n) is 6.79. The van der Waals surface area contributed by atoms with E-state index in [1.165, 1.54) is 12.1 Å². The second-order valence-electron chi connectivity index (χ2n) is 2.29. The van der Waals surface area contributed by atoms with Crippen LogP contribution < -0.4 is 4.74 Å². The molecule has 0 unspecified atom stereocenters. The molecule has 0 aliphatic rings. The van der Waals surface area contributed by atoms with Crippen LogP contribution in [0.3, 0.4) is 0 Å². The average molecular weight is 184 g/mol. The SMILES string of the molecule is Cc1ccc(OC(F)F)c(C#N)n1. The molecule has 0 aromatic carbocycles. The third-order valence-corrected chi connectivity index (χ3v) is 1.32. The Kier molecular flexibility index (Phi) is 2.75. The van der Waals surface area contributed by atoms with Crippen molar-refractivity contribution in [2.24, 2.45) is 0 Å². The number of pyridine rings is 1. The summed E-state index contributed by atoms with van der Waals surface area (Å²) in [6.45, 7) is -1.27. The van der Waals surface area contributed by atoms with Crippen molar-refractivity contribution in [3.63, 3.8) is 0 Å². The Labute approximate surface area is 73.6 Å². The summed E-state index contributed by atoms with van der Waals surface area (Å²) >= 11 is 0. The number of hydrogen-bond acceptors (Lipinski definition) is 3. The number of hydrogen-bond donors (Lipinski definition) is 0. The maximum absolute atomic E-state index is 11.8. The molecule has 13 heavy (non-hydrogen) atoms. The van der Waals surface area contributed by atoms with Crippen LogP contribution in [-0.2, 0) is 0 Å². The summed E-state index contributed by atoms with van der Waals surface area (Å²) in [7, 11) is 0. The molecule has 0 saturated heterocycles. The second-order valence-corrected chi connectivity index (χ2v) is 2.29. The number of halogens is 2. The Bertz CT molecular complexity index is 346. The second kappa shape index (κ2) is 3.81. The van der Waals surface area contributed by atoms with Crippen molar-refractivity contribution >= 4 is 0 Å². The number of nitrogens with zero attached hydrogens (tertiary/aromatic N) is 2. The van der Waals surface area contributed by atoms with Gasteiger partial charge in [-0.2, -0.15) is 14.0 Å². The first-order chi connectivity index (χ1) is 6.13. The molecule has 0 aliphatic carbocycles. The minimum atomic E-state index is -2.93. The largest absolute Gasteiger partial charge is 0.432 e. The fourth-order valence-corrected chi connectivity index (χ4v) is 0.815. The summed E-state index contributed by atoms with van der Waals surface area (Å²) in [5, 5.41) is 8.52. The molecule has 0 aliphatic heterocycles. The van der Waals surface area contributed by atoms with Gasteiger partial charge in [-0.05, 0) is 19.1 Å². The molecule has 0 bridgehead atoms. The fraction of sp³-hybridized carbons (Fsp3) is 0.250. The lowest BCUT2D eigenvalue weighted by atomic mass is 10.3. The highest BCUT2D eigenvalue weighted by atomic mass is 19.3. The number of nitriles is 1. The van der Waals surface area contributed by atoms with Crippen LogP contribution in [0.4, 0.5) is 8.78 Å². The van der Waals surface area contributed by atoms with E-state index in [1.807, 2.05) is 0 Å². The predicted octanol–water partition coefficient (Wildman–Crippen LogP) is 1.86. The molecule has 68 valence electrons. The third kappa shape index (κ3) is 2.37. The van der Waals surface area contributed by atoms with Gasteiger partial charge >= 0.3 is 6.61 Å². The monoisotopic (exact) mass is 184 g/mol. The van der Waals surface area contributed by atoms with E-state index in [4.69, 9.17) is 5.26 Å². The smallest absolute Gasteiger partial charge is 0.387 e. The van der Waals surface area contributed by atoms with E-state index in [-0.39, 0.29) is 11.4 Å². The van der Waals surface area contributed by atoms with Crippen molar-refractivity contribution in [3.05, 3.63) is 23.5 Å². The molecule has 0 saturated carbocycles. The van der Waals surface area contributed by atoms with E-state index < -0.39 is 6.61 Å². The van der Waals surface area contributed by atoms with Crippen LogP contribution in [0.25, 0.3) is 0 Å². The van der Waals surface area contributed by atoms with Gasteiger partial charge in [-0.3, -0.25) is 0 Å². The van der Waals surface area contributed by atoms with Crippen LogP contribution in [0.2, 0.25) is 0 Å². The maximum atomic E-state index is 11.8. The molecule has 1 rings (SSSR count). The standard InChI is InChI=1S/C8H6F2N2O/c1-5-2-3-7(13-8(9)10)6(4-11)12-5/h2-3,8H,1H3. The molecule has 0 amide bonds. The van der Waals surface area contributed by atoms with E-state index in [2.05, 4.69) is 9.72 Å². The summed E-state index contributed by atoms with van der Waals surface area (Å²) < 4.78 is 27.6. The summed E-state index contributed by atoms with van der Waals surface area (Å²) in [4.78, 5) is 3.73. The number of alkyl halides is 2. The Morgan fingerprint density at radius 2 is 2.23 bits per heavy atom. The van der Waals surface area contributed by atoms with Gasteiger partial charge in [0.2, 0.25) is 0 Å². The Morgan fingerprint density at radius 1 is 1.54 bits per heavy atom. The van der Waals surface area contributed by atoms with E-state index in [0.717, 1.165) is 0 Å². The highest BCUT2D eigenvalue weighted by molar-refractivity contribution is 5.37. The molecule has 0 spiro atoms. The van der Waals surface area contributed by atoms with Crippen molar-refractivity contribution in [2.45, 2.75) is 13.5 Å². The summed E-state index contributed by atoms with van der Waals surface area (Å²) in [5.41, 5.74) is 0.457. The van der Waals surface area contributed by atoms with Crippen LogP contribution in [0.5, 0.6) is 5.75 Å². The first kappa shape index (κ1) is 9.39. The first-order valence-corrected chi connectivity index (χ1v) is 3.46. The molecule has 0 atom stereocenters. The van der Waals surface area contributed by atoms with Crippen LogP contribution in [0, 0.1) is 18.3 Å². The van der Waals surface area contributed by atoms with Gasteiger partial charge in [0.15, 0.2) is 11.4 Å². The van der Waals surface area contributed by atoms with Crippen LogP contribution >= 0.6 is 0 Å². The van der Waals surface area contributed by atoms with Gasteiger partial charge < -0.3 is 4.74 Å². The van der Waals surface area contributed by atoms with Gasteiger partial charge in [-0.25, -0.2) is 4.98 Å². The average Bonchev–Trinajstić information content (AvgIpc) is 2.07. The molecular weight excluding hydrogens is 178 g/mol. The van der Waals surface area contributed by atoms with Gasteiger partial charge in [0.1, 0.15) is 6.07 Å². The lowest BCUT2D eigenvalue weighted by Crippen LogP contribution is -2.04. The quantitative estimate of drug-likeness (QED) is 0.704. The molecule has 1 heterocycles. The number of ether oxygens (including phenoxy) is 1. The third-order valence-electron chi connectivity index (χ3n) is 1.32. The van der Waals surface area contributed by atoms with Crippen molar-refractivity contribution in [1.29, 1.82) is 5.26 Å². The molecule has 3 nitrogen and oxygen atoms in total. The van der Waals surface area contributed by atoms with Crippen LogP contribution in [0.1, 0.15) is 11.4 Å². The Balaban J connectivity index is 3.01. The van der Waals surface area contributed by atoms with Crippen LogP contribution in [0.15, 0.2) is 12.1 Å². The number of aromatic nitrogens is 1. The van der Waals surface area contributed by atoms with Gasteiger partial charge in [0, 0.05) is 5.69 Å². The highest BCUT2D eigenvalue weighted by Crippen LogP contribution is 2.17. The van der Waals surface area contributed by atoms with Gasteiger partial charge in [-0.1, -0.05) is 0 Å². The first-order valence-electron chi connectivity index (χ1n) is 3.46. The summed E-state index contributed by atoms with van der Waals surface area (Å²) in [5.74, 6) is -0.192. The van der Waals surface area contributed by atoms with Crippen molar-refractivity contribution in [3.8, 4) is 11.8 Å². The van der Waals surface area contributed by atoms with Crippen molar-refractivity contribution in [2.75, 3.05) is 0 Å². The van der Waals surface area contributed by atoms with E-state index in [1.54, 1.807) is 13.0 Å². The summed E-state index contributed by atoms with van der Waals surface area (Å²) in [6, 6.07) is 4.47. The molecule has 1 aromatic heterocycles. The Hall–Kier alpha value is -1.70. The van der Waals surface area contributed by atoms with Crippen LogP contribution in [-0.4, -0.2) is 11.6 Å². The molecule has 5 heteroatoms. The maximum Gasteiger partial charge on any atom is 0.387 e. The van der Waals surface area contributed by atoms with E-state index >= 15 is 0 Å². The van der Waals surface area contributed by atoms with Gasteiger partial charge in [0.25, 0.3) is 0 Å². The number of aryl methyl sites for hydroxylation is 1. The molecule has 0 radical (unpaired) electrons.